The summed E-state index contributed by atoms with van der Waals surface area (Å²) >= 11 is 0. The summed E-state index contributed by atoms with van der Waals surface area (Å²) in [6.07, 6.45) is 2.96. The van der Waals surface area contributed by atoms with E-state index in [4.69, 9.17) is 0 Å². The molecule has 13 heavy (non-hydrogen) atoms. The van der Waals surface area contributed by atoms with Gasteiger partial charge in [-0.15, -0.1) is 0 Å². The minimum Gasteiger partial charge on any atom is -0.315 e. The van der Waals surface area contributed by atoms with Gasteiger partial charge in [-0.3, -0.25) is 0 Å². The van der Waals surface area contributed by atoms with E-state index in [1.165, 1.54) is 0 Å². The average molecular weight is 205 g/mol. The van der Waals surface area contributed by atoms with E-state index >= 15 is 0 Å². The molecular weight excluding hydrogens is 186 g/mol. The van der Waals surface area contributed by atoms with Gasteiger partial charge in [-0.1, -0.05) is 6.42 Å². The molecule has 0 spiro atoms. The fourth-order valence-electron chi connectivity index (χ4n) is 1.65. The normalized spacial score (nSPS) is 25.9. The van der Waals surface area contributed by atoms with Gasteiger partial charge in [0.2, 0.25) is 0 Å². The standard InChI is InChI=1S/C9H19NO2S/c1-8(2)13(11,12)9-5-3-4-6-10-7-9/h8-10H,3-7H2,1-2H3. The van der Waals surface area contributed by atoms with Crippen molar-refractivity contribution in [1.82, 2.24) is 5.32 Å². The highest BCUT2D eigenvalue weighted by Crippen LogP contribution is 2.16. The molecule has 0 aliphatic carbocycles. The van der Waals surface area contributed by atoms with Crippen molar-refractivity contribution in [3.05, 3.63) is 0 Å². The summed E-state index contributed by atoms with van der Waals surface area (Å²) in [5.41, 5.74) is 0. The fraction of sp³-hybridized carbons (Fsp3) is 1.00. The van der Waals surface area contributed by atoms with E-state index in [1.807, 2.05) is 0 Å². The Hall–Kier alpha value is -0.0900. The molecule has 0 bridgehead atoms. The monoisotopic (exact) mass is 205 g/mol. The molecule has 4 heteroatoms. The van der Waals surface area contributed by atoms with Crippen molar-refractivity contribution in [1.29, 1.82) is 0 Å². The predicted molar refractivity (Wildman–Crippen MR) is 54.6 cm³/mol. The van der Waals surface area contributed by atoms with Crippen LogP contribution in [-0.4, -0.2) is 32.0 Å². The van der Waals surface area contributed by atoms with E-state index < -0.39 is 9.84 Å². The van der Waals surface area contributed by atoms with Crippen LogP contribution in [0.4, 0.5) is 0 Å². The lowest BCUT2D eigenvalue weighted by Gasteiger charge is -2.17. The highest BCUT2D eigenvalue weighted by Gasteiger charge is 2.28. The molecule has 1 saturated heterocycles. The van der Waals surface area contributed by atoms with Crippen molar-refractivity contribution < 1.29 is 8.42 Å². The Labute approximate surface area is 80.8 Å². The van der Waals surface area contributed by atoms with Crippen LogP contribution in [0.3, 0.4) is 0 Å². The van der Waals surface area contributed by atoms with E-state index in [2.05, 4.69) is 5.32 Å². The highest BCUT2D eigenvalue weighted by atomic mass is 32.2. The summed E-state index contributed by atoms with van der Waals surface area (Å²) in [6, 6.07) is 0. The molecule has 1 heterocycles. The van der Waals surface area contributed by atoms with Gasteiger partial charge in [0, 0.05) is 6.54 Å². The molecule has 0 saturated carbocycles. The van der Waals surface area contributed by atoms with Crippen molar-refractivity contribution in [3.8, 4) is 0 Å². The first-order chi connectivity index (χ1) is 6.05. The van der Waals surface area contributed by atoms with Crippen LogP contribution in [0.1, 0.15) is 33.1 Å². The second kappa shape index (κ2) is 4.42. The maximum absolute atomic E-state index is 11.8. The summed E-state index contributed by atoms with van der Waals surface area (Å²) in [7, 11) is -2.89. The summed E-state index contributed by atoms with van der Waals surface area (Å²) in [5.74, 6) is 0. The van der Waals surface area contributed by atoms with Crippen LogP contribution in [0.15, 0.2) is 0 Å². The van der Waals surface area contributed by atoms with Gasteiger partial charge in [0.05, 0.1) is 10.5 Å². The third-order valence-corrected chi connectivity index (χ3v) is 5.27. The molecular formula is C9H19NO2S. The summed E-state index contributed by atoms with van der Waals surface area (Å²) in [4.78, 5) is 0. The van der Waals surface area contributed by atoms with Gasteiger partial charge in [0.25, 0.3) is 0 Å². The van der Waals surface area contributed by atoms with Gasteiger partial charge in [-0.25, -0.2) is 8.42 Å². The molecule has 0 amide bonds. The molecule has 1 unspecified atom stereocenters. The first-order valence-electron chi connectivity index (χ1n) is 4.98. The lowest BCUT2D eigenvalue weighted by atomic mass is 10.2. The quantitative estimate of drug-likeness (QED) is 0.730. The zero-order chi connectivity index (χ0) is 9.90. The predicted octanol–water partition coefficient (Wildman–Crippen LogP) is 0.952. The number of rotatable bonds is 2. The molecule has 0 radical (unpaired) electrons. The van der Waals surface area contributed by atoms with Crippen molar-refractivity contribution in [3.63, 3.8) is 0 Å². The topological polar surface area (TPSA) is 46.2 Å². The zero-order valence-corrected chi connectivity index (χ0v) is 9.23. The summed E-state index contributed by atoms with van der Waals surface area (Å²) in [6.45, 7) is 5.13. The van der Waals surface area contributed by atoms with E-state index in [0.717, 1.165) is 25.8 Å². The number of sulfone groups is 1. The van der Waals surface area contributed by atoms with Crippen LogP contribution < -0.4 is 5.32 Å². The highest BCUT2D eigenvalue weighted by molar-refractivity contribution is 7.92. The Morgan fingerprint density at radius 2 is 2.00 bits per heavy atom. The third kappa shape index (κ3) is 2.68. The number of hydrogen-bond donors (Lipinski definition) is 1. The second-order valence-corrected chi connectivity index (χ2v) is 6.75. The third-order valence-electron chi connectivity index (χ3n) is 2.62. The van der Waals surface area contributed by atoms with E-state index in [1.54, 1.807) is 13.8 Å². The molecule has 0 aromatic carbocycles. The SMILES string of the molecule is CC(C)S(=O)(=O)C1CCCCNC1. The first-order valence-corrected chi connectivity index (χ1v) is 6.59. The van der Waals surface area contributed by atoms with Gasteiger partial charge < -0.3 is 5.32 Å². The Kier molecular flexibility index (Phi) is 3.74. The Morgan fingerprint density at radius 1 is 1.31 bits per heavy atom. The Morgan fingerprint density at radius 3 is 2.62 bits per heavy atom. The van der Waals surface area contributed by atoms with Crippen molar-refractivity contribution in [2.75, 3.05) is 13.1 Å². The Bertz CT molecular complexity index is 238. The van der Waals surface area contributed by atoms with Gasteiger partial charge in [0.1, 0.15) is 0 Å². The molecule has 1 rings (SSSR count). The van der Waals surface area contributed by atoms with Gasteiger partial charge in [-0.2, -0.15) is 0 Å². The average Bonchev–Trinajstić information content (AvgIpc) is 2.31. The van der Waals surface area contributed by atoms with Gasteiger partial charge >= 0.3 is 0 Å². The lowest BCUT2D eigenvalue weighted by molar-refractivity contribution is 0.558. The van der Waals surface area contributed by atoms with Crippen LogP contribution in [-0.2, 0) is 9.84 Å². The van der Waals surface area contributed by atoms with Crippen molar-refractivity contribution in [2.45, 2.75) is 43.6 Å². The minimum absolute atomic E-state index is 0.157. The molecule has 1 atom stereocenters. The molecule has 78 valence electrons. The van der Waals surface area contributed by atoms with Crippen LogP contribution >= 0.6 is 0 Å². The molecule has 1 aliphatic heterocycles. The molecule has 1 fully saturated rings. The van der Waals surface area contributed by atoms with E-state index in [9.17, 15) is 8.42 Å². The molecule has 3 nitrogen and oxygen atoms in total. The molecule has 1 N–H and O–H groups in total. The van der Waals surface area contributed by atoms with Crippen LogP contribution in [0.25, 0.3) is 0 Å². The second-order valence-electron chi connectivity index (χ2n) is 3.96. The molecule has 0 aromatic rings. The smallest absolute Gasteiger partial charge is 0.156 e. The largest absolute Gasteiger partial charge is 0.315 e. The van der Waals surface area contributed by atoms with Crippen molar-refractivity contribution >= 4 is 9.84 Å². The van der Waals surface area contributed by atoms with Gasteiger partial charge in [0.15, 0.2) is 9.84 Å². The lowest BCUT2D eigenvalue weighted by Crippen LogP contribution is -2.35. The number of hydrogen-bond acceptors (Lipinski definition) is 3. The summed E-state index contributed by atoms with van der Waals surface area (Å²) in [5, 5.41) is 2.78. The van der Waals surface area contributed by atoms with Crippen molar-refractivity contribution in [2.24, 2.45) is 0 Å². The Balaban J connectivity index is 2.69. The van der Waals surface area contributed by atoms with E-state index in [-0.39, 0.29) is 10.5 Å². The molecule has 0 aromatic heterocycles. The maximum atomic E-state index is 11.8. The maximum Gasteiger partial charge on any atom is 0.156 e. The van der Waals surface area contributed by atoms with Crippen LogP contribution in [0, 0.1) is 0 Å². The zero-order valence-electron chi connectivity index (χ0n) is 8.41. The molecule has 1 aliphatic rings. The summed E-state index contributed by atoms with van der Waals surface area (Å²) < 4.78 is 23.6. The van der Waals surface area contributed by atoms with E-state index in [0.29, 0.717) is 6.54 Å². The van der Waals surface area contributed by atoms with Crippen LogP contribution in [0.5, 0.6) is 0 Å². The number of nitrogens with one attached hydrogen (secondary N) is 1. The van der Waals surface area contributed by atoms with Crippen LogP contribution in [0.2, 0.25) is 0 Å². The first kappa shape index (κ1) is 11.0. The van der Waals surface area contributed by atoms with Gasteiger partial charge in [-0.05, 0) is 33.2 Å². The fourth-order valence-corrected chi connectivity index (χ4v) is 3.27. The minimum atomic E-state index is -2.89.